The van der Waals surface area contributed by atoms with Crippen molar-refractivity contribution in [3.8, 4) is 17.5 Å². The number of hydrogen-bond donors (Lipinski definition) is 2. The number of anilines is 4. The molecule has 0 saturated carbocycles. The van der Waals surface area contributed by atoms with Crippen LogP contribution in [-0.2, 0) is 0 Å². The minimum atomic E-state index is -4.53. The average Bonchev–Trinajstić information content (AvgIpc) is 2.74. The predicted molar refractivity (Wildman–Crippen MR) is 111 cm³/mol. The van der Waals surface area contributed by atoms with Crippen LogP contribution < -0.4 is 24.8 Å². The van der Waals surface area contributed by atoms with Crippen molar-refractivity contribution in [3.05, 3.63) is 48.5 Å². The van der Waals surface area contributed by atoms with Crippen LogP contribution in [0.4, 0.5) is 36.4 Å². The number of fused-ring (bicyclic) bond motifs is 6. The largest absolute Gasteiger partial charge is 0.494 e. The van der Waals surface area contributed by atoms with Crippen LogP contribution in [0.25, 0.3) is 0 Å². The number of hydrogen-bond acceptors (Lipinski definition) is 8. The van der Waals surface area contributed by atoms with Crippen molar-refractivity contribution in [2.24, 2.45) is 0 Å². The normalized spacial score (nSPS) is 14.1. The van der Waals surface area contributed by atoms with Gasteiger partial charge in [-0.2, -0.15) is 28.1 Å². The Bertz CT molecular complexity index is 993. The van der Waals surface area contributed by atoms with Crippen LogP contribution in [0.2, 0.25) is 0 Å². The van der Waals surface area contributed by atoms with Gasteiger partial charge in [-0.3, -0.25) is 0 Å². The molecule has 11 heteroatoms. The highest BCUT2D eigenvalue weighted by Gasteiger charge is 2.29. The molecule has 0 aliphatic carbocycles. The first-order chi connectivity index (χ1) is 15.4. The summed E-state index contributed by atoms with van der Waals surface area (Å²) >= 11 is 0. The summed E-state index contributed by atoms with van der Waals surface area (Å²) in [6.45, 7) is -0.498. The van der Waals surface area contributed by atoms with Crippen LogP contribution >= 0.6 is 0 Å². The van der Waals surface area contributed by atoms with E-state index in [1.807, 2.05) is 0 Å². The topological polar surface area (TPSA) is 90.4 Å². The molecule has 2 aromatic carbocycles. The fourth-order valence-electron chi connectivity index (χ4n) is 2.85. The number of halogens is 3. The smallest absolute Gasteiger partial charge is 0.422 e. The van der Waals surface area contributed by atoms with Crippen molar-refractivity contribution < 1.29 is 27.4 Å². The third-order valence-electron chi connectivity index (χ3n) is 4.24. The second-order valence-corrected chi connectivity index (χ2v) is 6.88. The maximum Gasteiger partial charge on any atom is 0.422 e. The van der Waals surface area contributed by atoms with Gasteiger partial charge < -0.3 is 24.8 Å². The maximum absolute atomic E-state index is 12.6. The minimum Gasteiger partial charge on any atom is -0.494 e. The van der Waals surface area contributed by atoms with Gasteiger partial charge in [-0.15, -0.1) is 0 Å². The molecule has 32 heavy (non-hydrogen) atoms. The second kappa shape index (κ2) is 9.58. The van der Waals surface area contributed by atoms with Crippen molar-refractivity contribution in [1.29, 1.82) is 0 Å². The van der Waals surface area contributed by atoms with Crippen molar-refractivity contribution in [3.63, 3.8) is 0 Å². The fourth-order valence-corrected chi connectivity index (χ4v) is 2.85. The van der Waals surface area contributed by atoms with Gasteiger partial charge in [0.2, 0.25) is 11.9 Å². The average molecular weight is 447 g/mol. The highest BCUT2D eigenvalue weighted by molar-refractivity contribution is 5.60. The number of rotatable bonds is 2. The number of aromatic nitrogens is 3. The first-order valence-electron chi connectivity index (χ1n) is 9.88. The van der Waals surface area contributed by atoms with E-state index in [-0.39, 0.29) is 11.9 Å². The molecule has 0 spiro atoms. The van der Waals surface area contributed by atoms with E-state index in [9.17, 15) is 13.2 Å². The summed E-state index contributed by atoms with van der Waals surface area (Å²) in [6, 6.07) is 13.7. The Balaban J connectivity index is 1.67. The van der Waals surface area contributed by atoms with Crippen molar-refractivity contribution in [2.45, 2.75) is 19.0 Å². The maximum atomic E-state index is 12.6. The molecule has 1 aliphatic heterocycles. The van der Waals surface area contributed by atoms with Gasteiger partial charge in [0.25, 0.3) is 0 Å². The molecule has 6 bridgehead atoms. The first kappa shape index (κ1) is 21.5. The molecule has 0 amide bonds. The lowest BCUT2D eigenvalue weighted by atomic mass is 10.3. The Kier molecular flexibility index (Phi) is 6.43. The van der Waals surface area contributed by atoms with Crippen molar-refractivity contribution >= 4 is 23.3 Å². The van der Waals surface area contributed by atoms with Crippen LogP contribution in [0.1, 0.15) is 12.8 Å². The number of alkyl halides is 3. The van der Waals surface area contributed by atoms with Crippen LogP contribution in [0, 0.1) is 0 Å². The summed E-state index contributed by atoms with van der Waals surface area (Å²) in [5.74, 6) is 1.28. The molecular formula is C21H20F3N5O3. The molecule has 8 nitrogen and oxygen atoms in total. The Labute approximate surface area is 181 Å². The molecule has 0 saturated heterocycles. The van der Waals surface area contributed by atoms with Crippen LogP contribution in [0.3, 0.4) is 0 Å². The van der Waals surface area contributed by atoms with Gasteiger partial charge in [0.15, 0.2) is 6.61 Å². The molecular weight excluding hydrogens is 427 g/mol. The molecule has 2 heterocycles. The summed E-state index contributed by atoms with van der Waals surface area (Å²) < 4.78 is 54.1. The van der Waals surface area contributed by atoms with E-state index in [4.69, 9.17) is 14.2 Å². The third kappa shape index (κ3) is 6.37. The van der Waals surface area contributed by atoms with E-state index < -0.39 is 18.8 Å². The van der Waals surface area contributed by atoms with Crippen LogP contribution in [0.15, 0.2) is 48.5 Å². The molecule has 1 aromatic heterocycles. The molecule has 2 N–H and O–H groups in total. The lowest BCUT2D eigenvalue weighted by molar-refractivity contribution is -0.154. The van der Waals surface area contributed by atoms with Crippen LogP contribution in [-0.4, -0.2) is 40.9 Å². The van der Waals surface area contributed by atoms with Gasteiger partial charge in [-0.1, -0.05) is 12.1 Å². The van der Waals surface area contributed by atoms with E-state index in [2.05, 4.69) is 25.6 Å². The zero-order valence-corrected chi connectivity index (χ0v) is 16.9. The molecule has 4 rings (SSSR count). The Morgan fingerprint density at radius 2 is 1.34 bits per heavy atom. The van der Waals surface area contributed by atoms with E-state index in [0.29, 0.717) is 36.1 Å². The molecule has 0 fully saturated rings. The minimum absolute atomic E-state index is 0.00791. The summed E-state index contributed by atoms with van der Waals surface area (Å²) in [7, 11) is 0. The van der Waals surface area contributed by atoms with E-state index in [0.717, 1.165) is 12.8 Å². The summed E-state index contributed by atoms with van der Waals surface area (Å²) in [5, 5.41) is 5.91. The van der Waals surface area contributed by atoms with Crippen LogP contribution in [0.5, 0.6) is 17.5 Å². The second-order valence-electron chi connectivity index (χ2n) is 6.88. The summed E-state index contributed by atoms with van der Waals surface area (Å²) in [4.78, 5) is 12.1. The van der Waals surface area contributed by atoms with E-state index in [1.54, 1.807) is 48.5 Å². The highest BCUT2D eigenvalue weighted by atomic mass is 19.4. The van der Waals surface area contributed by atoms with Gasteiger partial charge in [0.05, 0.1) is 13.2 Å². The van der Waals surface area contributed by atoms with Crippen molar-refractivity contribution in [2.75, 3.05) is 30.5 Å². The summed E-state index contributed by atoms with van der Waals surface area (Å²) in [5.41, 5.74) is 1.19. The van der Waals surface area contributed by atoms with Gasteiger partial charge in [-0.25, -0.2) is 0 Å². The highest BCUT2D eigenvalue weighted by Crippen LogP contribution is 2.25. The zero-order chi connectivity index (χ0) is 22.4. The van der Waals surface area contributed by atoms with E-state index >= 15 is 0 Å². The van der Waals surface area contributed by atoms with Gasteiger partial charge in [-0.05, 0) is 37.1 Å². The number of benzene rings is 2. The molecule has 3 aromatic rings. The number of nitrogens with zero attached hydrogens (tertiary/aromatic N) is 3. The molecule has 168 valence electrons. The SMILES string of the molecule is FC(F)(F)COc1nc2nc(n1)Nc1cccc(c1)OCCCCOc1cccc(c1)N2. The number of nitrogens with one attached hydrogen (secondary N) is 2. The fraction of sp³-hybridized carbons (Fsp3) is 0.286. The van der Waals surface area contributed by atoms with Gasteiger partial charge >= 0.3 is 12.2 Å². The summed E-state index contributed by atoms with van der Waals surface area (Å²) in [6.07, 6.45) is -2.91. The quantitative estimate of drug-likeness (QED) is 0.576. The zero-order valence-electron chi connectivity index (χ0n) is 16.9. The molecule has 0 unspecified atom stereocenters. The molecule has 1 aliphatic rings. The van der Waals surface area contributed by atoms with Gasteiger partial charge in [0.1, 0.15) is 11.5 Å². The van der Waals surface area contributed by atoms with Gasteiger partial charge in [0, 0.05) is 23.5 Å². The lowest BCUT2D eigenvalue weighted by Crippen LogP contribution is -2.20. The standard InChI is InChI=1S/C21H20F3N5O3/c22-21(23,24)13-32-20-28-18-25-14-5-3-7-16(11-14)30-9-1-2-10-31-17-8-4-6-15(12-17)26-19(27-18)29-20/h3-8,11-12H,1-2,9-10,13H2,(H2,25,26,27,28,29). The lowest BCUT2D eigenvalue weighted by Gasteiger charge is -2.13. The number of ether oxygens (including phenoxy) is 3. The van der Waals surface area contributed by atoms with Crippen molar-refractivity contribution in [1.82, 2.24) is 15.0 Å². The Hall–Kier alpha value is -3.76. The molecule has 0 radical (unpaired) electrons. The van der Waals surface area contributed by atoms with E-state index in [1.165, 1.54) is 0 Å². The third-order valence-corrected chi connectivity index (χ3v) is 4.24. The first-order valence-corrected chi connectivity index (χ1v) is 9.88. The predicted octanol–water partition coefficient (Wildman–Crippen LogP) is 4.85. The molecule has 0 atom stereocenters. The Morgan fingerprint density at radius 1 is 0.812 bits per heavy atom. The Morgan fingerprint density at radius 3 is 1.84 bits per heavy atom. The monoisotopic (exact) mass is 447 g/mol.